The molecule has 4 nitrogen and oxygen atoms in total. The van der Waals surface area contributed by atoms with Crippen molar-refractivity contribution in [3.05, 3.63) is 0 Å². The summed E-state index contributed by atoms with van der Waals surface area (Å²) < 4.78 is 4.90. The molecule has 2 unspecified atom stereocenters. The Balaban J connectivity index is 1.90. The van der Waals surface area contributed by atoms with Gasteiger partial charge in [-0.05, 0) is 33.1 Å². The molecular formula is C12H21NO3. The van der Waals surface area contributed by atoms with E-state index in [9.17, 15) is 9.90 Å². The summed E-state index contributed by atoms with van der Waals surface area (Å²) in [4.78, 5) is 13.7. The van der Waals surface area contributed by atoms with E-state index in [1.54, 1.807) is 6.92 Å². The van der Waals surface area contributed by atoms with Crippen LogP contribution in [-0.2, 0) is 9.53 Å². The van der Waals surface area contributed by atoms with Crippen molar-refractivity contribution >= 4 is 5.97 Å². The highest BCUT2D eigenvalue weighted by molar-refractivity contribution is 5.70. The summed E-state index contributed by atoms with van der Waals surface area (Å²) in [6, 6.07) is 1.03. The molecule has 2 aliphatic rings. The van der Waals surface area contributed by atoms with Crippen LogP contribution in [0.2, 0.25) is 0 Å². The maximum absolute atomic E-state index is 11.4. The molecule has 1 saturated carbocycles. The van der Waals surface area contributed by atoms with Crippen LogP contribution in [0.25, 0.3) is 0 Å². The van der Waals surface area contributed by atoms with E-state index >= 15 is 0 Å². The Morgan fingerprint density at radius 2 is 2.25 bits per heavy atom. The summed E-state index contributed by atoms with van der Waals surface area (Å²) in [7, 11) is 0. The highest BCUT2D eigenvalue weighted by Gasteiger charge is 2.47. The highest BCUT2D eigenvalue weighted by atomic mass is 16.5. The van der Waals surface area contributed by atoms with Crippen molar-refractivity contribution < 1.29 is 14.6 Å². The second kappa shape index (κ2) is 4.34. The Bertz CT molecular complexity index is 277. The van der Waals surface area contributed by atoms with E-state index in [1.807, 2.05) is 0 Å². The summed E-state index contributed by atoms with van der Waals surface area (Å²) in [5.41, 5.74) is -0.867. The smallest absolute Gasteiger partial charge is 0.308 e. The molecule has 0 radical (unpaired) electrons. The van der Waals surface area contributed by atoms with Crippen LogP contribution in [0.5, 0.6) is 0 Å². The van der Waals surface area contributed by atoms with Crippen molar-refractivity contribution in [1.82, 2.24) is 4.90 Å². The number of ether oxygens (including phenoxy) is 1. The van der Waals surface area contributed by atoms with Gasteiger partial charge in [-0.3, -0.25) is 9.69 Å². The average molecular weight is 227 g/mol. The van der Waals surface area contributed by atoms with Crippen molar-refractivity contribution in [3.63, 3.8) is 0 Å². The molecule has 0 spiro atoms. The van der Waals surface area contributed by atoms with Crippen LogP contribution in [0, 0.1) is 0 Å². The molecule has 1 heterocycles. The lowest BCUT2D eigenvalue weighted by atomic mass is 9.97. The Morgan fingerprint density at radius 3 is 2.81 bits per heavy atom. The fourth-order valence-electron chi connectivity index (χ4n) is 2.73. The number of hydrogen-bond donors (Lipinski definition) is 1. The number of esters is 1. The zero-order valence-corrected chi connectivity index (χ0v) is 10.1. The molecule has 16 heavy (non-hydrogen) atoms. The fourth-order valence-corrected chi connectivity index (χ4v) is 2.73. The maximum Gasteiger partial charge on any atom is 0.308 e. The largest absolute Gasteiger partial charge is 0.466 e. The SMILES string of the molecule is CCOC(=O)CC1(O)CC(C)N(C2CC2)C1. The number of rotatable bonds is 4. The van der Waals surface area contributed by atoms with E-state index in [-0.39, 0.29) is 12.4 Å². The van der Waals surface area contributed by atoms with Crippen LogP contribution < -0.4 is 0 Å². The molecule has 1 aliphatic carbocycles. The summed E-state index contributed by atoms with van der Waals surface area (Å²) in [6.07, 6.45) is 3.29. The minimum absolute atomic E-state index is 0.133. The van der Waals surface area contributed by atoms with Crippen molar-refractivity contribution in [1.29, 1.82) is 0 Å². The van der Waals surface area contributed by atoms with Crippen LogP contribution in [0.1, 0.15) is 39.5 Å². The van der Waals surface area contributed by atoms with Crippen molar-refractivity contribution in [2.24, 2.45) is 0 Å². The van der Waals surface area contributed by atoms with Gasteiger partial charge in [0, 0.05) is 18.6 Å². The fraction of sp³-hybridized carbons (Fsp3) is 0.917. The lowest BCUT2D eigenvalue weighted by Gasteiger charge is -2.22. The molecule has 1 saturated heterocycles. The molecule has 0 amide bonds. The third kappa shape index (κ3) is 2.55. The molecule has 1 N–H and O–H groups in total. The molecule has 0 bridgehead atoms. The normalized spacial score (nSPS) is 35.3. The predicted molar refractivity (Wildman–Crippen MR) is 60.0 cm³/mol. The number of hydrogen-bond acceptors (Lipinski definition) is 4. The first-order chi connectivity index (χ1) is 7.54. The van der Waals surface area contributed by atoms with Gasteiger partial charge in [0.1, 0.15) is 0 Å². The quantitative estimate of drug-likeness (QED) is 0.726. The lowest BCUT2D eigenvalue weighted by molar-refractivity contribution is -0.148. The van der Waals surface area contributed by atoms with E-state index < -0.39 is 5.60 Å². The Kier molecular flexibility index (Phi) is 3.22. The number of likely N-dealkylation sites (tertiary alicyclic amines) is 1. The molecule has 2 rings (SSSR count). The monoisotopic (exact) mass is 227 g/mol. The standard InChI is InChI=1S/C12H21NO3/c1-3-16-11(14)7-12(15)6-9(2)13(8-12)10-4-5-10/h9-10,15H,3-8H2,1-2H3. The third-order valence-corrected chi connectivity index (χ3v) is 3.51. The molecule has 0 aromatic rings. The van der Waals surface area contributed by atoms with E-state index in [0.717, 1.165) is 0 Å². The number of carbonyl (C=O) groups is 1. The summed E-state index contributed by atoms with van der Waals surface area (Å²) in [5, 5.41) is 10.4. The van der Waals surface area contributed by atoms with Crippen LogP contribution in [0.15, 0.2) is 0 Å². The number of carbonyl (C=O) groups excluding carboxylic acids is 1. The van der Waals surface area contributed by atoms with Crippen LogP contribution >= 0.6 is 0 Å². The molecule has 0 aromatic carbocycles. The minimum Gasteiger partial charge on any atom is -0.466 e. The van der Waals surface area contributed by atoms with E-state index in [4.69, 9.17) is 4.74 Å². The average Bonchev–Trinajstić information content (AvgIpc) is 2.93. The highest BCUT2D eigenvalue weighted by Crippen LogP contribution is 2.38. The van der Waals surface area contributed by atoms with Gasteiger partial charge in [-0.25, -0.2) is 0 Å². The van der Waals surface area contributed by atoms with Crippen molar-refractivity contribution in [2.75, 3.05) is 13.2 Å². The number of β-amino-alcohol motifs (C(OH)–C–C–N with tert-alkyl or cyclic N) is 1. The first-order valence-electron chi connectivity index (χ1n) is 6.18. The van der Waals surface area contributed by atoms with Gasteiger partial charge in [0.05, 0.1) is 18.6 Å². The molecular weight excluding hydrogens is 206 g/mol. The van der Waals surface area contributed by atoms with Gasteiger partial charge in [0.15, 0.2) is 0 Å². The second-order valence-corrected chi connectivity index (χ2v) is 5.16. The lowest BCUT2D eigenvalue weighted by Crippen LogP contribution is -2.37. The topological polar surface area (TPSA) is 49.8 Å². The first kappa shape index (κ1) is 11.9. The van der Waals surface area contributed by atoms with Gasteiger partial charge in [-0.15, -0.1) is 0 Å². The van der Waals surface area contributed by atoms with E-state index in [1.165, 1.54) is 12.8 Å². The van der Waals surface area contributed by atoms with Gasteiger partial charge >= 0.3 is 5.97 Å². The van der Waals surface area contributed by atoms with Gasteiger partial charge < -0.3 is 9.84 Å². The van der Waals surface area contributed by atoms with Gasteiger partial charge in [-0.1, -0.05) is 0 Å². The van der Waals surface area contributed by atoms with E-state index in [0.29, 0.717) is 31.7 Å². The van der Waals surface area contributed by atoms with E-state index in [2.05, 4.69) is 11.8 Å². The zero-order valence-electron chi connectivity index (χ0n) is 10.1. The van der Waals surface area contributed by atoms with Crippen LogP contribution in [0.4, 0.5) is 0 Å². The van der Waals surface area contributed by atoms with Gasteiger partial charge in [0.25, 0.3) is 0 Å². The summed E-state index contributed by atoms with van der Waals surface area (Å²) >= 11 is 0. The molecule has 2 atom stereocenters. The Hall–Kier alpha value is -0.610. The Morgan fingerprint density at radius 1 is 1.56 bits per heavy atom. The predicted octanol–water partition coefficient (Wildman–Crippen LogP) is 0.927. The third-order valence-electron chi connectivity index (χ3n) is 3.51. The van der Waals surface area contributed by atoms with Crippen LogP contribution in [-0.4, -0.2) is 46.8 Å². The maximum atomic E-state index is 11.4. The molecule has 2 fully saturated rings. The molecule has 92 valence electrons. The minimum atomic E-state index is -0.867. The first-order valence-corrected chi connectivity index (χ1v) is 6.18. The van der Waals surface area contributed by atoms with Gasteiger partial charge in [-0.2, -0.15) is 0 Å². The van der Waals surface area contributed by atoms with Crippen molar-refractivity contribution in [2.45, 2.75) is 57.2 Å². The van der Waals surface area contributed by atoms with Gasteiger partial charge in [0.2, 0.25) is 0 Å². The van der Waals surface area contributed by atoms with Crippen LogP contribution in [0.3, 0.4) is 0 Å². The Labute approximate surface area is 96.6 Å². The molecule has 0 aromatic heterocycles. The zero-order chi connectivity index (χ0) is 11.8. The number of aliphatic hydroxyl groups is 1. The summed E-state index contributed by atoms with van der Waals surface area (Å²) in [6.45, 7) is 4.92. The molecule has 1 aliphatic heterocycles. The molecule has 4 heteroatoms. The number of nitrogens with zero attached hydrogens (tertiary/aromatic N) is 1. The second-order valence-electron chi connectivity index (χ2n) is 5.16. The van der Waals surface area contributed by atoms with Crippen molar-refractivity contribution in [3.8, 4) is 0 Å². The summed E-state index contributed by atoms with van der Waals surface area (Å²) in [5.74, 6) is -0.283.